The second-order valence-corrected chi connectivity index (χ2v) is 5.78. The molecule has 5 nitrogen and oxygen atoms in total. The first kappa shape index (κ1) is 15.0. The van der Waals surface area contributed by atoms with Crippen LogP contribution in [0, 0.1) is 0 Å². The molecule has 22 heavy (non-hydrogen) atoms. The number of amides is 1. The lowest BCUT2D eigenvalue weighted by Crippen LogP contribution is -2.45. The molecule has 2 fully saturated rings. The Morgan fingerprint density at radius 2 is 2.00 bits per heavy atom. The standard InChI is InChI=1S/C17H21NO4/c19-16(15-9-5-11-21-15)18-10-4-8-14(18)17(20)22-12-13-6-2-1-3-7-13/h1-3,6-7,14-15H,4-5,8-12H2/t14-,15+/m1/s1. The molecule has 3 rings (SSSR count). The number of carbonyl (C=O) groups is 2. The van der Waals surface area contributed by atoms with Gasteiger partial charge in [-0.1, -0.05) is 30.3 Å². The maximum absolute atomic E-state index is 12.4. The van der Waals surface area contributed by atoms with Crippen LogP contribution >= 0.6 is 0 Å². The van der Waals surface area contributed by atoms with Crippen LogP contribution in [0.15, 0.2) is 30.3 Å². The summed E-state index contributed by atoms with van der Waals surface area (Å²) < 4.78 is 10.8. The van der Waals surface area contributed by atoms with Crippen molar-refractivity contribution in [1.29, 1.82) is 0 Å². The van der Waals surface area contributed by atoms with E-state index in [0.29, 0.717) is 19.6 Å². The van der Waals surface area contributed by atoms with E-state index in [4.69, 9.17) is 9.47 Å². The molecule has 0 aromatic heterocycles. The Bertz CT molecular complexity index is 525. The second kappa shape index (κ2) is 6.92. The van der Waals surface area contributed by atoms with Gasteiger partial charge < -0.3 is 14.4 Å². The molecule has 1 amide bonds. The van der Waals surface area contributed by atoms with Gasteiger partial charge in [0.1, 0.15) is 18.8 Å². The van der Waals surface area contributed by atoms with Crippen molar-refractivity contribution in [2.45, 2.75) is 44.4 Å². The number of hydrogen-bond acceptors (Lipinski definition) is 4. The van der Waals surface area contributed by atoms with Crippen LogP contribution in [0.4, 0.5) is 0 Å². The van der Waals surface area contributed by atoms with Crippen molar-refractivity contribution in [2.24, 2.45) is 0 Å². The quantitative estimate of drug-likeness (QED) is 0.797. The van der Waals surface area contributed by atoms with Crippen LogP contribution in [0.1, 0.15) is 31.2 Å². The first-order valence-electron chi connectivity index (χ1n) is 7.88. The molecule has 1 aromatic carbocycles. The Hall–Kier alpha value is -1.88. The van der Waals surface area contributed by atoms with E-state index in [2.05, 4.69) is 0 Å². The maximum Gasteiger partial charge on any atom is 0.329 e. The van der Waals surface area contributed by atoms with E-state index >= 15 is 0 Å². The fourth-order valence-electron chi connectivity index (χ4n) is 3.06. The lowest BCUT2D eigenvalue weighted by molar-refractivity contribution is -0.157. The molecule has 2 atom stereocenters. The van der Waals surface area contributed by atoms with Gasteiger partial charge in [-0.3, -0.25) is 4.79 Å². The van der Waals surface area contributed by atoms with Gasteiger partial charge in [-0.25, -0.2) is 4.79 Å². The highest BCUT2D eigenvalue weighted by molar-refractivity contribution is 5.87. The normalized spacial score (nSPS) is 24.5. The van der Waals surface area contributed by atoms with Gasteiger partial charge in [0.15, 0.2) is 0 Å². The van der Waals surface area contributed by atoms with Crippen molar-refractivity contribution in [3.63, 3.8) is 0 Å². The third kappa shape index (κ3) is 3.30. The van der Waals surface area contributed by atoms with E-state index < -0.39 is 6.04 Å². The van der Waals surface area contributed by atoms with Crippen molar-refractivity contribution >= 4 is 11.9 Å². The summed E-state index contributed by atoms with van der Waals surface area (Å²) in [6.07, 6.45) is 2.80. The Kier molecular flexibility index (Phi) is 4.73. The minimum atomic E-state index is -0.458. The summed E-state index contributed by atoms with van der Waals surface area (Å²) in [7, 11) is 0. The highest BCUT2D eigenvalue weighted by Crippen LogP contribution is 2.23. The summed E-state index contributed by atoms with van der Waals surface area (Å²) in [5.41, 5.74) is 0.950. The van der Waals surface area contributed by atoms with Crippen LogP contribution in [-0.4, -0.2) is 42.1 Å². The van der Waals surface area contributed by atoms with Crippen LogP contribution < -0.4 is 0 Å². The van der Waals surface area contributed by atoms with Crippen LogP contribution in [-0.2, 0) is 25.7 Å². The third-order valence-corrected chi connectivity index (χ3v) is 4.24. The number of nitrogens with zero attached hydrogens (tertiary/aromatic N) is 1. The Morgan fingerprint density at radius 1 is 1.18 bits per heavy atom. The molecule has 0 radical (unpaired) electrons. The molecule has 0 N–H and O–H groups in total. The van der Waals surface area contributed by atoms with Gasteiger partial charge in [0.05, 0.1) is 0 Å². The van der Waals surface area contributed by atoms with Crippen molar-refractivity contribution in [3.05, 3.63) is 35.9 Å². The van der Waals surface area contributed by atoms with Crippen molar-refractivity contribution in [3.8, 4) is 0 Å². The smallest absolute Gasteiger partial charge is 0.329 e. The molecule has 2 heterocycles. The lowest BCUT2D eigenvalue weighted by atomic mass is 10.2. The number of likely N-dealkylation sites (tertiary alicyclic amines) is 1. The van der Waals surface area contributed by atoms with Crippen LogP contribution in [0.5, 0.6) is 0 Å². The molecule has 2 aliphatic rings. The van der Waals surface area contributed by atoms with Crippen molar-refractivity contribution in [1.82, 2.24) is 4.90 Å². The van der Waals surface area contributed by atoms with E-state index in [1.54, 1.807) is 4.90 Å². The summed E-state index contributed by atoms with van der Waals surface area (Å²) in [4.78, 5) is 26.4. The Labute approximate surface area is 130 Å². The summed E-state index contributed by atoms with van der Waals surface area (Å²) >= 11 is 0. The minimum Gasteiger partial charge on any atom is -0.459 e. The third-order valence-electron chi connectivity index (χ3n) is 4.24. The average molecular weight is 303 g/mol. The zero-order chi connectivity index (χ0) is 15.4. The molecular formula is C17H21NO4. The highest BCUT2D eigenvalue weighted by Gasteiger charge is 2.39. The SMILES string of the molecule is O=C(OCc1ccccc1)[C@H]1CCCN1C(=O)[C@@H]1CCCO1. The Balaban J connectivity index is 1.57. The predicted molar refractivity (Wildman–Crippen MR) is 79.9 cm³/mol. The molecular weight excluding hydrogens is 282 g/mol. The number of hydrogen-bond donors (Lipinski definition) is 0. The Morgan fingerprint density at radius 3 is 2.73 bits per heavy atom. The molecule has 0 bridgehead atoms. The van der Waals surface area contributed by atoms with E-state index in [9.17, 15) is 9.59 Å². The first-order chi connectivity index (χ1) is 10.8. The van der Waals surface area contributed by atoms with E-state index in [0.717, 1.165) is 24.8 Å². The van der Waals surface area contributed by atoms with Gasteiger partial charge in [-0.05, 0) is 31.2 Å². The molecule has 2 aliphatic heterocycles. The monoisotopic (exact) mass is 303 g/mol. The maximum atomic E-state index is 12.4. The molecule has 0 unspecified atom stereocenters. The number of ether oxygens (including phenoxy) is 2. The number of esters is 1. The minimum absolute atomic E-state index is 0.0586. The summed E-state index contributed by atoms with van der Waals surface area (Å²) in [6.45, 7) is 1.50. The lowest BCUT2D eigenvalue weighted by Gasteiger charge is -2.25. The van der Waals surface area contributed by atoms with Gasteiger partial charge in [-0.15, -0.1) is 0 Å². The molecule has 1 aromatic rings. The number of benzene rings is 1. The van der Waals surface area contributed by atoms with Gasteiger partial charge >= 0.3 is 5.97 Å². The molecule has 2 saturated heterocycles. The number of rotatable bonds is 4. The summed E-state index contributed by atoms with van der Waals surface area (Å²) in [6, 6.07) is 9.11. The molecule has 0 spiro atoms. The first-order valence-corrected chi connectivity index (χ1v) is 7.88. The number of carbonyl (C=O) groups excluding carboxylic acids is 2. The largest absolute Gasteiger partial charge is 0.459 e. The molecule has 118 valence electrons. The summed E-state index contributed by atoms with van der Waals surface area (Å²) in [5, 5.41) is 0. The molecule has 5 heteroatoms. The fraction of sp³-hybridized carbons (Fsp3) is 0.529. The van der Waals surface area contributed by atoms with Crippen LogP contribution in [0.3, 0.4) is 0 Å². The van der Waals surface area contributed by atoms with E-state index in [1.165, 1.54) is 0 Å². The van der Waals surface area contributed by atoms with Gasteiger partial charge in [0.25, 0.3) is 5.91 Å². The van der Waals surface area contributed by atoms with E-state index in [1.807, 2.05) is 30.3 Å². The van der Waals surface area contributed by atoms with Gasteiger partial charge in [0.2, 0.25) is 0 Å². The molecule has 0 saturated carbocycles. The zero-order valence-electron chi connectivity index (χ0n) is 12.6. The van der Waals surface area contributed by atoms with Gasteiger partial charge in [-0.2, -0.15) is 0 Å². The topological polar surface area (TPSA) is 55.8 Å². The van der Waals surface area contributed by atoms with Crippen LogP contribution in [0.25, 0.3) is 0 Å². The van der Waals surface area contributed by atoms with E-state index in [-0.39, 0.29) is 24.6 Å². The van der Waals surface area contributed by atoms with Crippen LogP contribution in [0.2, 0.25) is 0 Å². The van der Waals surface area contributed by atoms with Gasteiger partial charge in [0, 0.05) is 13.2 Å². The zero-order valence-corrected chi connectivity index (χ0v) is 12.6. The molecule has 0 aliphatic carbocycles. The second-order valence-electron chi connectivity index (χ2n) is 5.78. The fourth-order valence-corrected chi connectivity index (χ4v) is 3.06. The predicted octanol–water partition coefficient (Wildman–Crippen LogP) is 1.90. The highest BCUT2D eigenvalue weighted by atomic mass is 16.5. The van der Waals surface area contributed by atoms with Crippen molar-refractivity contribution in [2.75, 3.05) is 13.2 Å². The van der Waals surface area contributed by atoms with Crippen molar-refractivity contribution < 1.29 is 19.1 Å². The average Bonchev–Trinajstić information content (AvgIpc) is 3.24. The summed E-state index contributed by atoms with van der Waals surface area (Å²) in [5.74, 6) is -0.371.